The molecule has 2 nitrogen and oxygen atoms in total. The fourth-order valence-electron chi connectivity index (χ4n) is 2.33. The third kappa shape index (κ3) is 2.43. The molecule has 3 unspecified atom stereocenters. The van der Waals surface area contributed by atoms with Crippen molar-refractivity contribution in [1.82, 2.24) is 4.90 Å². The molecule has 0 N–H and O–H groups in total. The summed E-state index contributed by atoms with van der Waals surface area (Å²) in [4.78, 5) is -1.19. The van der Waals surface area contributed by atoms with Crippen LogP contribution >= 0.6 is 0 Å². The Labute approximate surface area is 118 Å². The summed E-state index contributed by atoms with van der Waals surface area (Å²) in [5, 5.41) is 0. The summed E-state index contributed by atoms with van der Waals surface area (Å²) in [6.07, 6.45) is -22.5. The average Bonchev–Trinajstić information content (AvgIpc) is 2.62. The van der Waals surface area contributed by atoms with Crippen molar-refractivity contribution in [3.63, 3.8) is 0 Å². The molecule has 1 fully saturated rings. The van der Waals surface area contributed by atoms with E-state index >= 15 is 0 Å². The van der Waals surface area contributed by atoms with Gasteiger partial charge < -0.3 is 4.74 Å². The highest BCUT2D eigenvalue weighted by Crippen LogP contribution is 2.62. The maximum absolute atomic E-state index is 14.4. The minimum atomic E-state index is -6.26. The summed E-state index contributed by atoms with van der Waals surface area (Å²) in [6.45, 7) is -1.65. The SMILES string of the molecule is COC(F)(F)C(F)N1CCC(C)(C(F)(F)F)C1(F)C(F)(F)F. The lowest BCUT2D eigenvalue weighted by Gasteiger charge is -2.44. The number of alkyl halides is 10. The molecule has 132 valence electrons. The molecule has 1 aliphatic heterocycles. The Morgan fingerprint density at radius 2 is 1.45 bits per heavy atom. The molecule has 1 aliphatic rings. The molecule has 1 heterocycles. The predicted molar refractivity (Wildman–Crippen MR) is 52.2 cm³/mol. The van der Waals surface area contributed by atoms with Crippen molar-refractivity contribution in [2.45, 2.75) is 43.9 Å². The standard InChI is InChI=1S/C10H11F10NO/c1-6(9(15,16)17)3-4-21(5(11)7(12,13)22-2)8(6,14)10(18,19)20/h5H,3-4H2,1-2H3. The second kappa shape index (κ2) is 5.11. The molecular weight excluding hydrogens is 340 g/mol. The number of hydrogen-bond acceptors (Lipinski definition) is 2. The fourth-order valence-corrected chi connectivity index (χ4v) is 2.33. The number of rotatable bonds is 3. The Morgan fingerprint density at radius 1 is 1.00 bits per heavy atom. The van der Waals surface area contributed by atoms with E-state index in [-0.39, 0.29) is 14.0 Å². The Kier molecular flexibility index (Phi) is 4.48. The Hall–Kier alpha value is -0.780. The van der Waals surface area contributed by atoms with Crippen molar-refractivity contribution in [2.24, 2.45) is 5.41 Å². The molecule has 0 aromatic heterocycles. The Bertz CT molecular complexity index is 421. The largest absolute Gasteiger partial charge is 0.437 e. The van der Waals surface area contributed by atoms with Crippen LogP contribution in [0.4, 0.5) is 43.9 Å². The fraction of sp³-hybridized carbons (Fsp3) is 1.00. The topological polar surface area (TPSA) is 12.5 Å². The smallest absolute Gasteiger partial charge is 0.320 e. The van der Waals surface area contributed by atoms with Gasteiger partial charge in [-0.2, -0.15) is 35.1 Å². The average molecular weight is 351 g/mol. The molecule has 0 amide bonds. The van der Waals surface area contributed by atoms with E-state index in [4.69, 9.17) is 0 Å². The van der Waals surface area contributed by atoms with Crippen LogP contribution in [0.3, 0.4) is 0 Å². The van der Waals surface area contributed by atoms with Gasteiger partial charge >= 0.3 is 18.5 Å². The van der Waals surface area contributed by atoms with Crippen LogP contribution in [0.2, 0.25) is 0 Å². The van der Waals surface area contributed by atoms with Gasteiger partial charge in [-0.15, -0.1) is 0 Å². The molecule has 0 aliphatic carbocycles. The molecule has 22 heavy (non-hydrogen) atoms. The number of halogens is 10. The first-order valence-corrected chi connectivity index (χ1v) is 5.72. The molecule has 0 saturated carbocycles. The van der Waals surface area contributed by atoms with E-state index in [1.807, 2.05) is 0 Å². The van der Waals surface area contributed by atoms with Gasteiger partial charge in [0, 0.05) is 13.7 Å². The van der Waals surface area contributed by atoms with E-state index in [1.165, 1.54) is 0 Å². The molecule has 12 heteroatoms. The number of methoxy groups -OCH3 is 1. The highest BCUT2D eigenvalue weighted by Gasteiger charge is 2.82. The summed E-state index contributed by atoms with van der Waals surface area (Å²) < 4.78 is 135. The van der Waals surface area contributed by atoms with Crippen LogP contribution < -0.4 is 0 Å². The second-order valence-corrected chi connectivity index (χ2v) is 4.99. The molecule has 1 saturated heterocycles. The first kappa shape index (κ1) is 19.3. The summed E-state index contributed by atoms with van der Waals surface area (Å²) in [6, 6.07) is 0. The van der Waals surface area contributed by atoms with Gasteiger partial charge in [0.05, 0.1) is 0 Å². The second-order valence-electron chi connectivity index (χ2n) is 4.99. The number of hydrogen-bond donors (Lipinski definition) is 0. The van der Waals surface area contributed by atoms with Crippen molar-refractivity contribution >= 4 is 0 Å². The molecule has 0 radical (unpaired) electrons. The Balaban J connectivity index is 3.45. The van der Waals surface area contributed by atoms with Crippen LogP contribution in [0, 0.1) is 5.41 Å². The third-order valence-electron chi connectivity index (χ3n) is 3.80. The van der Waals surface area contributed by atoms with Gasteiger partial charge in [-0.3, -0.25) is 0 Å². The van der Waals surface area contributed by atoms with Crippen LogP contribution in [0.5, 0.6) is 0 Å². The zero-order valence-corrected chi connectivity index (χ0v) is 11.1. The zero-order chi connectivity index (χ0) is 17.8. The normalized spacial score (nSPS) is 33.3. The van der Waals surface area contributed by atoms with Gasteiger partial charge in [-0.25, -0.2) is 13.7 Å². The number of likely N-dealkylation sites (tertiary alicyclic amines) is 1. The van der Waals surface area contributed by atoms with Gasteiger partial charge in [0.15, 0.2) is 0 Å². The molecule has 1 rings (SSSR count). The third-order valence-corrected chi connectivity index (χ3v) is 3.80. The minimum Gasteiger partial charge on any atom is -0.320 e. The molecule has 3 atom stereocenters. The molecule has 0 aromatic carbocycles. The van der Waals surface area contributed by atoms with Crippen LogP contribution in [-0.4, -0.2) is 49.1 Å². The summed E-state index contributed by atoms with van der Waals surface area (Å²) in [5.41, 5.74) is -4.10. The van der Waals surface area contributed by atoms with Gasteiger partial charge in [0.2, 0.25) is 6.30 Å². The van der Waals surface area contributed by atoms with Gasteiger partial charge in [-0.05, 0) is 13.3 Å². The summed E-state index contributed by atoms with van der Waals surface area (Å²) in [5.74, 6) is -5.36. The zero-order valence-electron chi connectivity index (χ0n) is 11.1. The van der Waals surface area contributed by atoms with Crippen LogP contribution in [0.1, 0.15) is 13.3 Å². The predicted octanol–water partition coefficient (Wildman–Crippen LogP) is 4.02. The van der Waals surface area contributed by atoms with Crippen molar-refractivity contribution in [3.8, 4) is 0 Å². The quantitative estimate of drug-likeness (QED) is 0.563. The number of ether oxygens (including phenoxy) is 1. The maximum atomic E-state index is 14.4. The van der Waals surface area contributed by atoms with E-state index in [9.17, 15) is 43.9 Å². The molecular formula is C10H11F10NO. The molecule has 0 spiro atoms. The first-order valence-electron chi connectivity index (χ1n) is 5.72. The van der Waals surface area contributed by atoms with E-state index in [0.717, 1.165) is 0 Å². The van der Waals surface area contributed by atoms with Crippen molar-refractivity contribution in [2.75, 3.05) is 13.7 Å². The van der Waals surface area contributed by atoms with E-state index in [2.05, 4.69) is 4.74 Å². The van der Waals surface area contributed by atoms with Crippen molar-refractivity contribution in [1.29, 1.82) is 0 Å². The van der Waals surface area contributed by atoms with Crippen LogP contribution in [0.15, 0.2) is 0 Å². The Morgan fingerprint density at radius 3 is 1.77 bits per heavy atom. The maximum Gasteiger partial charge on any atom is 0.437 e. The van der Waals surface area contributed by atoms with E-state index in [0.29, 0.717) is 0 Å². The first-order chi connectivity index (χ1) is 9.56. The van der Waals surface area contributed by atoms with E-state index < -0.39 is 53.8 Å². The monoisotopic (exact) mass is 351 g/mol. The lowest BCUT2D eigenvalue weighted by Crippen LogP contribution is -2.67. The highest BCUT2D eigenvalue weighted by molar-refractivity contribution is 5.11. The van der Waals surface area contributed by atoms with Crippen LogP contribution in [-0.2, 0) is 4.74 Å². The summed E-state index contributed by atoms with van der Waals surface area (Å²) >= 11 is 0. The summed E-state index contributed by atoms with van der Waals surface area (Å²) in [7, 11) is 0.221. The minimum absolute atomic E-state index is 0.127. The number of nitrogens with zero attached hydrogens (tertiary/aromatic N) is 1. The lowest BCUT2D eigenvalue weighted by atomic mass is 9.79. The molecule has 0 aromatic rings. The van der Waals surface area contributed by atoms with Crippen molar-refractivity contribution in [3.05, 3.63) is 0 Å². The highest BCUT2D eigenvalue weighted by atomic mass is 19.4. The van der Waals surface area contributed by atoms with Crippen LogP contribution in [0.25, 0.3) is 0 Å². The lowest BCUT2D eigenvalue weighted by molar-refractivity contribution is -0.387. The van der Waals surface area contributed by atoms with Gasteiger partial charge in [-0.1, -0.05) is 0 Å². The molecule has 0 bridgehead atoms. The van der Waals surface area contributed by atoms with Gasteiger partial charge in [0.25, 0.3) is 5.79 Å². The van der Waals surface area contributed by atoms with Crippen molar-refractivity contribution < 1.29 is 48.6 Å². The van der Waals surface area contributed by atoms with Gasteiger partial charge in [0.1, 0.15) is 5.41 Å². The van der Waals surface area contributed by atoms with E-state index in [1.54, 1.807) is 0 Å².